The van der Waals surface area contributed by atoms with Crippen LogP contribution in [0.2, 0.25) is 0 Å². The van der Waals surface area contributed by atoms with E-state index in [0.29, 0.717) is 35.7 Å². The van der Waals surface area contributed by atoms with E-state index >= 15 is 0 Å². The Morgan fingerprint density at radius 3 is 2.45 bits per heavy atom. The summed E-state index contributed by atoms with van der Waals surface area (Å²) in [6, 6.07) is 21.2. The van der Waals surface area contributed by atoms with Gasteiger partial charge in [-0.05, 0) is 35.2 Å². The summed E-state index contributed by atoms with van der Waals surface area (Å²) in [5.74, 6) is 0.668. The minimum Gasteiger partial charge on any atom is -0.454 e. The van der Waals surface area contributed by atoms with E-state index in [0.717, 1.165) is 5.56 Å². The zero-order valence-corrected chi connectivity index (χ0v) is 18.6. The second-order valence-electron chi connectivity index (χ2n) is 7.82. The maximum atomic E-state index is 13.2. The van der Waals surface area contributed by atoms with Crippen molar-refractivity contribution in [2.75, 3.05) is 12.1 Å². The zero-order valence-electron chi connectivity index (χ0n) is 17.7. The maximum Gasteiger partial charge on any atom is 0.251 e. The highest BCUT2D eigenvalue weighted by Gasteiger charge is 2.29. The van der Waals surface area contributed by atoms with Crippen LogP contribution >= 0.6 is 12.4 Å². The van der Waals surface area contributed by atoms with Crippen LogP contribution in [0.25, 0.3) is 0 Å². The molecule has 8 heteroatoms. The average molecular weight is 466 g/mol. The summed E-state index contributed by atoms with van der Waals surface area (Å²) in [4.78, 5) is 26.3. The van der Waals surface area contributed by atoms with Gasteiger partial charge in [-0.25, -0.2) is 0 Å². The number of carbonyl (C=O) groups is 2. The first-order chi connectivity index (χ1) is 15.7. The second kappa shape index (κ2) is 9.94. The fourth-order valence-electron chi connectivity index (χ4n) is 4.02. The predicted octanol–water partition coefficient (Wildman–Crippen LogP) is 3.35. The zero-order chi connectivity index (χ0) is 21.9. The number of anilines is 1. The smallest absolute Gasteiger partial charge is 0.251 e. The van der Waals surface area contributed by atoms with E-state index < -0.39 is 12.1 Å². The van der Waals surface area contributed by atoms with Crippen LogP contribution in [0.5, 0.6) is 11.5 Å². The van der Waals surface area contributed by atoms with Gasteiger partial charge >= 0.3 is 0 Å². The van der Waals surface area contributed by atoms with Crippen molar-refractivity contribution in [2.45, 2.75) is 25.0 Å². The molecule has 0 unspecified atom stereocenters. The third-order valence-corrected chi connectivity index (χ3v) is 5.72. The van der Waals surface area contributed by atoms with Gasteiger partial charge in [0.25, 0.3) is 5.91 Å². The van der Waals surface area contributed by atoms with Crippen molar-refractivity contribution in [3.63, 3.8) is 0 Å². The minimum absolute atomic E-state index is 0. The van der Waals surface area contributed by atoms with E-state index in [4.69, 9.17) is 9.47 Å². The van der Waals surface area contributed by atoms with Gasteiger partial charge in [-0.1, -0.05) is 54.6 Å². The largest absolute Gasteiger partial charge is 0.454 e. The Hall–Kier alpha value is -3.55. The Morgan fingerprint density at radius 1 is 0.909 bits per heavy atom. The summed E-state index contributed by atoms with van der Waals surface area (Å²) in [5.41, 5.74) is 3.61. The van der Waals surface area contributed by atoms with Gasteiger partial charge in [-0.2, -0.15) is 0 Å². The van der Waals surface area contributed by atoms with Gasteiger partial charge in [0.2, 0.25) is 12.7 Å². The first-order valence-electron chi connectivity index (χ1n) is 10.5. The van der Waals surface area contributed by atoms with Crippen LogP contribution in [-0.4, -0.2) is 24.6 Å². The molecule has 3 N–H and O–H groups in total. The third kappa shape index (κ3) is 4.94. The molecule has 0 radical (unpaired) electrons. The van der Waals surface area contributed by atoms with E-state index in [1.165, 1.54) is 5.56 Å². The van der Waals surface area contributed by atoms with Gasteiger partial charge in [-0.3, -0.25) is 9.59 Å². The molecule has 3 aromatic rings. The van der Waals surface area contributed by atoms with Crippen molar-refractivity contribution in [2.24, 2.45) is 0 Å². The number of nitrogens with one attached hydrogen (secondary N) is 3. The Kier molecular flexibility index (Phi) is 6.82. The van der Waals surface area contributed by atoms with Crippen LogP contribution in [0.1, 0.15) is 22.7 Å². The molecule has 0 aliphatic carbocycles. The number of rotatable bonds is 5. The number of halogens is 1. The summed E-state index contributed by atoms with van der Waals surface area (Å²) in [5, 5.41) is 9.10. The van der Waals surface area contributed by atoms with Crippen LogP contribution in [0.15, 0.2) is 72.8 Å². The van der Waals surface area contributed by atoms with Gasteiger partial charge in [-0.15, -0.1) is 12.4 Å². The molecule has 3 aromatic carbocycles. The van der Waals surface area contributed by atoms with E-state index in [9.17, 15) is 9.59 Å². The van der Waals surface area contributed by atoms with Gasteiger partial charge < -0.3 is 25.4 Å². The minimum atomic E-state index is -0.840. The molecule has 2 heterocycles. The quantitative estimate of drug-likeness (QED) is 0.538. The summed E-state index contributed by atoms with van der Waals surface area (Å²) in [6.07, 6.45) is 0.577. The molecular weight excluding hydrogens is 442 g/mol. The van der Waals surface area contributed by atoms with Crippen molar-refractivity contribution in [3.05, 3.63) is 89.5 Å². The van der Waals surface area contributed by atoms with Crippen LogP contribution in [0.3, 0.4) is 0 Å². The van der Waals surface area contributed by atoms with Crippen molar-refractivity contribution in [1.29, 1.82) is 0 Å². The lowest BCUT2D eigenvalue weighted by atomic mass is 9.95. The molecule has 0 saturated heterocycles. The van der Waals surface area contributed by atoms with E-state index in [-0.39, 0.29) is 31.0 Å². The Morgan fingerprint density at radius 2 is 1.64 bits per heavy atom. The number of ether oxygens (including phenoxy) is 2. The van der Waals surface area contributed by atoms with Gasteiger partial charge in [0.15, 0.2) is 11.5 Å². The molecule has 5 rings (SSSR count). The Bertz CT molecular complexity index is 1160. The predicted molar refractivity (Wildman–Crippen MR) is 127 cm³/mol. The molecule has 0 saturated carbocycles. The van der Waals surface area contributed by atoms with Crippen LogP contribution in [0, 0.1) is 0 Å². The maximum absolute atomic E-state index is 13.2. The summed E-state index contributed by atoms with van der Waals surface area (Å²) in [7, 11) is 0. The first kappa shape index (κ1) is 22.6. The van der Waals surface area contributed by atoms with Crippen molar-refractivity contribution >= 4 is 29.9 Å². The number of hydrogen-bond acceptors (Lipinski definition) is 5. The number of benzene rings is 3. The standard InChI is InChI=1S/C25H23N3O4.ClH/c29-24(20-12-17-8-4-5-9-18(17)14-26-20)28-23(16-6-2-1-3-7-16)25(30)27-19-10-11-21-22(13-19)32-15-31-21;/h1-11,13,20,23,26H,12,14-15H2,(H,27,30)(H,28,29);1H/t20-,23+;/m0./s1. The molecule has 0 fully saturated rings. The SMILES string of the molecule is Cl.O=C(N[C@@H](C(=O)Nc1ccc2c(c1)OCO2)c1ccccc1)[C@@H]1Cc2ccccc2CN1. The average Bonchev–Trinajstić information content (AvgIpc) is 3.30. The number of amides is 2. The van der Waals surface area contributed by atoms with Gasteiger partial charge in [0, 0.05) is 18.3 Å². The van der Waals surface area contributed by atoms with E-state index in [1.807, 2.05) is 48.5 Å². The fourth-order valence-corrected chi connectivity index (χ4v) is 4.02. The summed E-state index contributed by atoms with van der Waals surface area (Å²) < 4.78 is 10.7. The molecule has 0 aromatic heterocycles. The van der Waals surface area contributed by atoms with Crippen LogP contribution < -0.4 is 25.4 Å². The normalized spacial score (nSPS) is 16.7. The lowest BCUT2D eigenvalue weighted by molar-refractivity contribution is -0.128. The molecule has 0 bridgehead atoms. The van der Waals surface area contributed by atoms with Crippen molar-refractivity contribution < 1.29 is 19.1 Å². The second-order valence-corrected chi connectivity index (χ2v) is 7.82. The summed E-state index contributed by atoms with van der Waals surface area (Å²) in [6.45, 7) is 0.778. The van der Waals surface area contributed by atoms with Crippen LogP contribution in [-0.2, 0) is 22.6 Å². The molecule has 2 aliphatic rings. The molecule has 170 valence electrons. The van der Waals surface area contributed by atoms with E-state index in [2.05, 4.69) is 22.0 Å². The molecule has 7 nitrogen and oxygen atoms in total. The highest BCUT2D eigenvalue weighted by atomic mass is 35.5. The highest BCUT2D eigenvalue weighted by molar-refractivity contribution is 5.98. The Labute approximate surface area is 197 Å². The number of hydrogen-bond donors (Lipinski definition) is 3. The van der Waals surface area contributed by atoms with Crippen molar-refractivity contribution in [3.8, 4) is 11.5 Å². The van der Waals surface area contributed by atoms with E-state index in [1.54, 1.807) is 18.2 Å². The van der Waals surface area contributed by atoms with Gasteiger partial charge in [0.05, 0.1) is 6.04 Å². The van der Waals surface area contributed by atoms with Crippen LogP contribution in [0.4, 0.5) is 5.69 Å². The Balaban J connectivity index is 0.00000259. The molecule has 2 aliphatic heterocycles. The highest BCUT2D eigenvalue weighted by Crippen LogP contribution is 2.34. The molecule has 33 heavy (non-hydrogen) atoms. The summed E-state index contributed by atoms with van der Waals surface area (Å²) >= 11 is 0. The molecule has 2 amide bonds. The number of carbonyl (C=O) groups excluding carboxylic acids is 2. The van der Waals surface area contributed by atoms with Crippen molar-refractivity contribution in [1.82, 2.24) is 10.6 Å². The number of fused-ring (bicyclic) bond motifs is 2. The lowest BCUT2D eigenvalue weighted by Crippen LogP contribution is -2.50. The van der Waals surface area contributed by atoms with Gasteiger partial charge in [0.1, 0.15) is 6.04 Å². The third-order valence-electron chi connectivity index (χ3n) is 5.72. The monoisotopic (exact) mass is 465 g/mol. The molecule has 2 atom stereocenters. The lowest BCUT2D eigenvalue weighted by Gasteiger charge is -2.27. The molecular formula is C25H24ClN3O4. The topological polar surface area (TPSA) is 88.7 Å². The molecule has 0 spiro atoms. The fraction of sp³-hybridized carbons (Fsp3) is 0.200. The first-order valence-corrected chi connectivity index (χ1v) is 10.5.